The molecule has 0 amide bonds. The lowest BCUT2D eigenvalue weighted by Crippen LogP contribution is -1.94. The van der Waals surface area contributed by atoms with E-state index in [4.69, 9.17) is 7.85 Å². The maximum Gasteiger partial charge on any atom is 0.271 e. The Morgan fingerprint density at radius 2 is 2.09 bits per heavy atom. The fourth-order valence-corrected chi connectivity index (χ4v) is 0.862. The molecule has 0 aliphatic rings. The van der Waals surface area contributed by atoms with Gasteiger partial charge in [0.2, 0.25) is 0 Å². The van der Waals surface area contributed by atoms with Crippen LogP contribution in [0.25, 0.3) is 0 Å². The van der Waals surface area contributed by atoms with Gasteiger partial charge in [0.05, 0.1) is 12.8 Å². The number of hydrogen-bond acceptors (Lipinski definition) is 2. The minimum absolute atomic E-state index is 0.0926. The summed E-state index contributed by atoms with van der Waals surface area (Å²) in [6, 6.07) is 6.45. The van der Waals surface area contributed by atoms with Gasteiger partial charge in [0.15, 0.2) is 0 Å². The molecule has 3 nitrogen and oxygen atoms in total. The van der Waals surface area contributed by atoms with E-state index in [1.165, 1.54) is 6.07 Å². The molecule has 0 aliphatic carbocycles. The Balaban J connectivity index is 3.12. The van der Waals surface area contributed by atoms with Crippen molar-refractivity contribution in [2.24, 2.45) is 0 Å². The zero-order valence-corrected chi connectivity index (χ0v) is 5.86. The molecule has 2 radical (unpaired) electrons. The van der Waals surface area contributed by atoms with E-state index in [1.54, 1.807) is 18.2 Å². The molecule has 1 rings (SSSR count). The van der Waals surface area contributed by atoms with E-state index < -0.39 is 4.92 Å². The van der Waals surface area contributed by atoms with Crippen molar-refractivity contribution in [3.05, 3.63) is 39.9 Å². The molecule has 0 aromatic heterocycles. The van der Waals surface area contributed by atoms with E-state index in [2.05, 4.69) is 0 Å². The van der Waals surface area contributed by atoms with Crippen LogP contribution in [-0.4, -0.2) is 12.8 Å². The lowest BCUT2D eigenvalue weighted by molar-refractivity contribution is -0.385. The van der Waals surface area contributed by atoms with Gasteiger partial charge in [0.1, 0.15) is 0 Å². The first-order valence-electron chi connectivity index (χ1n) is 3.18. The van der Waals surface area contributed by atoms with Gasteiger partial charge in [0, 0.05) is 11.6 Å². The van der Waals surface area contributed by atoms with Crippen LogP contribution in [0, 0.1) is 10.1 Å². The van der Waals surface area contributed by atoms with E-state index in [1.807, 2.05) is 0 Å². The summed E-state index contributed by atoms with van der Waals surface area (Å²) in [7, 11) is 5.28. The normalized spacial score (nSPS) is 9.45. The van der Waals surface area contributed by atoms with Gasteiger partial charge in [-0.25, -0.2) is 0 Å². The van der Waals surface area contributed by atoms with Crippen LogP contribution in [0.15, 0.2) is 24.3 Å². The maximum absolute atomic E-state index is 10.3. The Labute approximate surface area is 65.6 Å². The number of hydrogen-bond donors (Lipinski definition) is 0. The highest BCUT2D eigenvalue weighted by Crippen LogP contribution is 2.16. The predicted octanol–water partition coefficient (Wildman–Crippen LogP) is 1.26. The Morgan fingerprint density at radius 1 is 1.45 bits per heavy atom. The van der Waals surface area contributed by atoms with E-state index in [-0.39, 0.29) is 12.0 Å². The number of para-hydroxylation sites is 1. The third-order valence-electron chi connectivity index (χ3n) is 1.41. The summed E-state index contributed by atoms with van der Waals surface area (Å²) in [4.78, 5) is 9.90. The highest BCUT2D eigenvalue weighted by atomic mass is 16.6. The molecule has 0 atom stereocenters. The highest BCUT2D eigenvalue weighted by molar-refractivity contribution is 6.08. The summed E-state index contributed by atoms with van der Waals surface area (Å²) in [6.45, 7) is 0. The monoisotopic (exact) mass is 147 g/mol. The van der Waals surface area contributed by atoms with Crippen molar-refractivity contribution in [1.29, 1.82) is 0 Å². The van der Waals surface area contributed by atoms with E-state index in [9.17, 15) is 10.1 Å². The van der Waals surface area contributed by atoms with Crippen molar-refractivity contribution in [3.8, 4) is 0 Å². The van der Waals surface area contributed by atoms with Gasteiger partial charge in [-0.1, -0.05) is 24.5 Å². The Morgan fingerprint density at radius 3 is 2.55 bits per heavy atom. The SMILES string of the molecule is [B]Cc1ccccc1[N+](=O)[O-]. The first-order chi connectivity index (χ1) is 5.25. The van der Waals surface area contributed by atoms with Crippen molar-refractivity contribution >= 4 is 13.5 Å². The molecule has 1 aromatic rings. The van der Waals surface area contributed by atoms with Gasteiger partial charge < -0.3 is 0 Å². The van der Waals surface area contributed by atoms with Crippen LogP contribution in [-0.2, 0) is 6.32 Å². The van der Waals surface area contributed by atoms with Crippen molar-refractivity contribution in [2.75, 3.05) is 0 Å². The quantitative estimate of drug-likeness (QED) is 0.359. The Kier molecular flexibility index (Phi) is 2.26. The minimum Gasteiger partial charge on any atom is -0.258 e. The molecule has 0 saturated heterocycles. The zero-order valence-electron chi connectivity index (χ0n) is 5.86. The molecule has 0 aliphatic heterocycles. The van der Waals surface area contributed by atoms with Crippen LogP contribution in [0.4, 0.5) is 5.69 Å². The standard InChI is InChI=1S/C7H6BNO2/c8-5-6-3-1-2-4-7(6)9(10)11/h1-4H,5H2. The molecular weight excluding hydrogens is 141 g/mol. The molecule has 1 aromatic carbocycles. The summed E-state index contributed by atoms with van der Waals surface area (Å²) >= 11 is 0. The van der Waals surface area contributed by atoms with Crippen LogP contribution < -0.4 is 0 Å². The van der Waals surface area contributed by atoms with Crippen molar-refractivity contribution in [3.63, 3.8) is 0 Å². The lowest BCUT2D eigenvalue weighted by atomic mass is 9.96. The second-order valence-corrected chi connectivity index (χ2v) is 2.09. The third-order valence-corrected chi connectivity index (χ3v) is 1.41. The zero-order chi connectivity index (χ0) is 8.27. The number of rotatable bonds is 2. The van der Waals surface area contributed by atoms with E-state index in [0.717, 1.165) is 0 Å². The topological polar surface area (TPSA) is 43.1 Å². The van der Waals surface area contributed by atoms with Gasteiger partial charge >= 0.3 is 0 Å². The Hall–Kier alpha value is -1.32. The van der Waals surface area contributed by atoms with Crippen molar-refractivity contribution in [1.82, 2.24) is 0 Å². The maximum atomic E-state index is 10.3. The fraction of sp³-hybridized carbons (Fsp3) is 0.143. The summed E-state index contributed by atoms with van der Waals surface area (Å²) in [6.07, 6.45) is 0.206. The van der Waals surface area contributed by atoms with Crippen LogP contribution >= 0.6 is 0 Å². The molecule has 54 valence electrons. The molecule has 0 heterocycles. The summed E-state index contributed by atoms with van der Waals surface area (Å²) < 4.78 is 0. The summed E-state index contributed by atoms with van der Waals surface area (Å²) in [5.74, 6) is 0. The molecule has 0 spiro atoms. The van der Waals surface area contributed by atoms with Crippen molar-refractivity contribution in [2.45, 2.75) is 6.32 Å². The second kappa shape index (κ2) is 3.19. The van der Waals surface area contributed by atoms with Crippen LogP contribution in [0.1, 0.15) is 5.56 Å². The second-order valence-electron chi connectivity index (χ2n) is 2.09. The minimum atomic E-state index is -0.428. The largest absolute Gasteiger partial charge is 0.271 e. The van der Waals surface area contributed by atoms with E-state index in [0.29, 0.717) is 5.56 Å². The number of nitro groups is 1. The number of benzene rings is 1. The molecule has 11 heavy (non-hydrogen) atoms. The van der Waals surface area contributed by atoms with Gasteiger partial charge in [-0.3, -0.25) is 10.1 Å². The highest BCUT2D eigenvalue weighted by Gasteiger charge is 2.08. The van der Waals surface area contributed by atoms with Crippen LogP contribution in [0.5, 0.6) is 0 Å². The summed E-state index contributed by atoms with van der Waals surface area (Å²) in [5, 5.41) is 10.3. The average Bonchev–Trinajstić information content (AvgIpc) is 2.04. The van der Waals surface area contributed by atoms with Gasteiger partial charge in [-0.15, -0.1) is 0 Å². The first-order valence-corrected chi connectivity index (χ1v) is 3.18. The fourth-order valence-electron chi connectivity index (χ4n) is 0.862. The van der Waals surface area contributed by atoms with Gasteiger partial charge in [-0.2, -0.15) is 0 Å². The van der Waals surface area contributed by atoms with E-state index >= 15 is 0 Å². The lowest BCUT2D eigenvalue weighted by Gasteiger charge is -1.96. The molecule has 0 N–H and O–H groups in total. The summed E-state index contributed by atoms with van der Waals surface area (Å²) in [5.41, 5.74) is 0.660. The third kappa shape index (κ3) is 1.58. The number of nitro benzene ring substituents is 1. The molecule has 4 heteroatoms. The van der Waals surface area contributed by atoms with Gasteiger partial charge in [-0.05, 0) is 0 Å². The van der Waals surface area contributed by atoms with Crippen LogP contribution in [0.3, 0.4) is 0 Å². The molecule has 0 bridgehead atoms. The van der Waals surface area contributed by atoms with Crippen molar-refractivity contribution < 1.29 is 4.92 Å². The molecular formula is C7H6BNO2. The van der Waals surface area contributed by atoms with Crippen LogP contribution in [0.2, 0.25) is 0 Å². The molecule has 0 saturated carbocycles. The first kappa shape index (κ1) is 7.79. The predicted molar refractivity (Wildman–Crippen MR) is 42.6 cm³/mol. The van der Waals surface area contributed by atoms with Gasteiger partial charge in [0.25, 0.3) is 5.69 Å². The molecule has 0 unspecified atom stereocenters. The number of nitrogens with zero attached hydrogens (tertiary/aromatic N) is 1. The Bertz CT molecular complexity index is 275. The average molecular weight is 147 g/mol. The molecule has 0 fully saturated rings. The smallest absolute Gasteiger partial charge is 0.258 e.